The number of rotatable bonds is 6. The standard InChI is InChI=1S/C22H18FNO3/c1-2-26-19-13-7-16(8-14-19)15-24-18-11-9-17(10-12-18)22(25)27-21-6-4-3-5-20(21)23/h3-15H,2H2,1H3. The van der Waals surface area contributed by atoms with Crippen LogP contribution in [0.15, 0.2) is 77.8 Å². The lowest BCUT2D eigenvalue weighted by Crippen LogP contribution is -2.09. The second-order valence-electron chi connectivity index (χ2n) is 5.63. The molecule has 0 bridgehead atoms. The molecule has 0 saturated heterocycles. The molecule has 0 atom stereocenters. The number of ether oxygens (including phenoxy) is 2. The normalized spacial score (nSPS) is 10.7. The Morgan fingerprint density at radius 1 is 1.00 bits per heavy atom. The van der Waals surface area contributed by atoms with E-state index in [0.29, 0.717) is 17.9 Å². The van der Waals surface area contributed by atoms with Gasteiger partial charge in [0.25, 0.3) is 0 Å². The first-order valence-corrected chi connectivity index (χ1v) is 8.49. The van der Waals surface area contributed by atoms with Crippen molar-refractivity contribution in [2.45, 2.75) is 6.92 Å². The average Bonchev–Trinajstić information content (AvgIpc) is 2.70. The molecule has 136 valence electrons. The summed E-state index contributed by atoms with van der Waals surface area (Å²) in [6, 6.07) is 19.9. The highest BCUT2D eigenvalue weighted by Gasteiger charge is 2.11. The van der Waals surface area contributed by atoms with Crippen molar-refractivity contribution in [3.05, 3.63) is 89.7 Å². The van der Waals surface area contributed by atoms with Crippen molar-refractivity contribution in [3.63, 3.8) is 0 Å². The molecule has 27 heavy (non-hydrogen) atoms. The van der Waals surface area contributed by atoms with Gasteiger partial charge in [-0.05, 0) is 73.2 Å². The minimum absolute atomic E-state index is 0.0971. The molecule has 0 unspecified atom stereocenters. The Morgan fingerprint density at radius 3 is 2.37 bits per heavy atom. The Hall–Kier alpha value is -3.47. The molecule has 3 aromatic rings. The minimum atomic E-state index is -0.623. The molecule has 3 rings (SSSR count). The lowest BCUT2D eigenvalue weighted by Gasteiger charge is -2.05. The van der Waals surface area contributed by atoms with Crippen LogP contribution in [-0.2, 0) is 0 Å². The van der Waals surface area contributed by atoms with Gasteiger partial charge in [-0.25, -0.2) is 9.18 Å². The zero-order valence-corrected chi connectivity index (χ0v) is 14.8. The highest BCUT2D eigenvalue weighted by molar-refractivity contribution is 5.91. The highest BCUT2D eigenvalue weighted by atomic mass is 19.1. The monoisotopic (exact) mass is 363 g/mol. The van der Waals surface area contributed by atoms with Gasteiger partial charge in [-0.15, -0.1) is 0 Å². The van der Waals surface area contributed by atoms with E-state index in [1.54, 1.807) is 36.5 Å². The number of carbonyl (C=O) groups excluding carboxylic acids is 1. The van der Waals surface area contributed by atoms with Crippen LogP contribution < -0.4 is 9.47 Å². The number of hydrogen-bond acceptors (Lipinski definition) is 4. The summed E-state index contributed by atoms with van der Waals surface area (Å²) in [5.41, 5.74) is 1.94. The van der Waals surface area contributed by atoms with E-state index in [9.17, 15) is 9.18 Å². The van der Waals surface area contributed by atoms with E-state index < -0.39 is 11.8 Å². The lowest BCUT2D eigenvalue weighted by molar-refractivity contribution is 0.0728. The van der Waals surface area contributed by atoms with E-state index in [0.717, 1.165) is 11.3 Å². The third-order valence-electron chi connectivity index (χ3n) is 3.70. The van der Waals surface area contributed by atoms with E-state index >= 15 is 0 Å². The van der Waals surface area contributed by atoms with Crippen LogP contribution in [0.4, 0.5) is 10.1 Å². The zero-order valence-electron chi connectivity index (χ0n) is 14.8. The average molecular weight is 363 g/mol. The van der Waals surface area contributed by atoms with Gasteiger partial charge < -0.3 is 9.47 Å². The van der Waals surface area contributed by atoms with Gasteiger partial charge in [0.1, 0.15) is 5.75 Å². The van der Waals surface area contributed by atoms with Gasteiger partial charge in [-0.1, -0.05) is 12.1 Å². The first kappa shape index (κ1) is 18.3. The number of aliphatic imine (C=N–C) groups is 1. The fraction of sp³-hybridized carbons (Fsp3) is 0.0909. The molecule has 5 heteroatoms. The minimum Gasteiger partial charge on any atom is -0.494 e. The molecule has 4 nitrogen and oxygen atoms in total. The second kappa shape index (κ2) is 8.76. The van der Waals surface area contributed by atoms with Crippen LogP contribution in [0.5, 0.6) is 11.5 Å². The summed E-state index contributed by atoms with van der Waals surface area (Å²) in [5, 5.41) is 0. The lowest BCUT2D eigenvalue weighted by atomic mass is 10.2. The molecule has 0 aliphatic rings. The summed E-state index contributed by atoms with van der Waals surface area (Å²) >= 11 is 0. The fourth-order valence-corrected chi connectivity index (χ4v) is 2.34. The van der Waals surface area contributed by atoms with Crippen LogP contribution in [0, 0.1) is 5.82 Å². The first-order valence-electron chi connectivity index (χ1n) is 8.49. The maximum Gasteiger partial charge on any atom is 0.343 e. The molecule has 0 fully saturated rings. The molecule has 0 aliphatic carbocycles. The Balaban J connectivity index is 1.64. The number of hydrogen-bond donors (Lipinski definition) is 0. The van der Waals surface area contributed by atoms with Gasteiger partial charge in [0.15, 0.2) is 11.6 Å². The van der Waals surface area contributed by atoms with Crippen LogP contribution in [0.2, 0.25) is 0 Å². The van der Waals surface area contributed by atoms with E-state index in [1.165, 1.54) is 18.2 Å². The van der Waals surface area contributed by atoms with E-state index in [2.05, 4.69) is 4.99 Å². The Labute approximate surface area is 156 Å². The summed E-state index contributed by atoms with van der Waals surface area (Å²) < 4.78 is 24.0. The number of benzene rings is 3. The maximum atomic E-state index is 13.6. The summed E-state index contributed by atoms with van der Waals surface area (Å²) in [6.45, 7) is 2.56. The van der Waals surface area contributed by atoms with Gasteiger partial charge >= 0.3 is 5.97 Å². The van der Waals surface area contributed by atoms with E-state index in [1.807, 2.05) is 31.2 Å². The molecule has 0 radical (unpaired) electrons. The third kappa shape index (κ3) is 5.01. The predicted molar refractivity (Wildman–Crippen MR) is 103 cm³/mol. The van der Waals surface area contributed by atoms with E-state index in [-0.39, 0.29) is 5.75 Å². The second-order valence-corrected chi connectivity index (χ2v) is 5.63. The van der Waals surface area contributed by atoms with Gasteiger partial charge in [0.2, 0.25) is 0 Å². The molecule has 0 N–H and O–H groups in total. The van der Waals surface area contributed by atoms with Gasteiger partial charge in [0, 0.05) is 6.21 Å². The molecule has 0 aliphatic heterocycles. The molecule has 3 aromatic carbocycles. The molecular formula is C22H18FNO3. The van der Waals surface area contributed by atoms with Crippen molar-refractivity contribution in [1.82, 2.24) is 0 Å². The summed E-state index contributed by atoms with van der Waals surface area (Å²) in [5.74, 6) is -0.489. The SMILES string of the molecule is CCOc1ccc(C=Nc2ccc(C(=O)Oc3ccccc3F)cc2)cc1. The fourth-order valence-electron chi connectivity index (χ4n) is 2.34. The van der Waals surface area contributed by atoms with Gasteiger partial charge in [-0.2, -0.15) is 0 Å². The highest BCUT2D eigenvalue weighted by Crippen LogP contribution is 2.19. The molecular weight excluding hydrogens is 345 g/mol. The number of para-hydroxylation sites is 1. The number of esters is 1. The largest absolute Gasteiger partial charge is 0.494 e. The Bertz CT molecular complexity index is 935. The molecule has 0 heterocycles. The van der Waals surface area contributed by atoms with Crippen molar-refractivity contribution in [3.8, 4) is 11.5 Å². The van der Waals surface area contributed by atoms with Crippen molar-refractivity contribution in [2.75, 3.05) is 6.61 Å². The molecule has 0 aromatic heterocycles. The zero-order chi connectivity index (χ0) is 19.1. The molecule has 0 amide bonds. The van der Waals surface area contributed by atoms with Crippen molar-refractivity contribution < 1.29 is 18.7 Å². The molecule has 0 saturated carbocycles. The summed E-state index contributed by atoms with van der Waals surface area (Å²) in [6.07, 6.45) is 1.72. The van der Waals surface area contributed by atoms with Crippen LogP contribution in [0.1, 0.15) is 22.8 Å². The van der Waals surface area contributed by atoms with Gasteiger partial charge in [0.05, 0.1) is 17.9 Å². The van der Waals surface area contributed by atoms with Crippen molar-refractivity contribution in [2.24, 2.45) is 4.99 Å². The van der Waals surface area contributed by atoms with Crippen LogP contribution in [0.3, 0.4) is 0 Å². The maximum absolute atomic E-state index is 13.6. The van der Waals surface area contributed by atoms with Crippen LogP contribution >= 0.6 is 0 Å². The predicted octanol–water partition coefficient (Wildman–Crippen LogP) is 5.19. The number of carbonyl (C=O) groups is 1. The topological polar surface area (TPSA) is 47.9 Å². The Kier molecular flexibility index (Phi) is 5.94. The van der Waals surface area contributed by atoms with Gasteiger partial charge in [-0.3, -0.25) is 4.99 Å². The van der Waals surface area contributed by atoms with Crippen molar-refractivity contribution >= 4 is 17.9 Å². The number of nitrogens with zero attached hydrogens (tertiary/aromatic N) is 1. The third-order valence-corrected chi connectivity index (χ3v) is 3.70. The van der Waals surface area contributed by atoms with Crippen molar-refractivity contribution in [1.29, 1.82) is 0 Å². The van der Waals surface area contributed by atoms with Crippen LogP contribution in [-0.4, -0.2) is 18.8 Å². The van der Waals surface area contributed by atoms with Crippen LogP contribution in [0.25, 0.3) is 0 Å². The Morgan fingerprint density at radius 2 is 1.70 bits per heavy atom. The summed E-state index contributed by atoms with van der Waals surface area (Å²) in [7, 11) is 0. The smallest absolute Gasteiger partial charge is 0.343 e. The van der Waals surface area contributed by atoms with E-state index in [4.69, 9.17) is 9.47 Å². The number of halogens is 1. The first-order chi connectivity index (χ1) is 13.2. The summed E-state index contributed by atoms with van der Waals surface area (Å²) in [4.78, 5) is 16.5. The molecule has 0 spiro atoms. The quantitative estimate of drug-likeness (QED) is 0.344.